The largest absolute Gasteiger partial charge is 0.359 e. The van der Waals surface area contributed by atoms with Crippen LogP contribution in [0.25, 0.3) is 5.65 Å². The molecule has 0 radical (unpaired) electrons. The molecular formula is C29H40FN8O3S+. The summed E-state index contributed by atoms with van der Waals surface area (Å²) in [4.78, 5) is 25.6. The molecule has 4 N–H and O–H groups in total. The number of benzene rings is 1. The summed E-state index contributed by atoms with van der Waals surface area (Å²) >= 11 is 0. The van der Waals surface area contributed by atoms with Crippen molar-refractivity contribution >= 4 is 33.2 Å². The van der Waals surface area contributed by atoms with Crippen molar-refractivity contribution in [2.75, 3.05) is 48.8 Å². The molecule has 0 saturated carbocycles. The summed E-state index contributed by atoms with van der Waals surface area (Å²) in [5.41, 5.74) is 4.44. The van der Waals surface area contributed by atoms with Gasteiger partial charge in [0.2, 0.25) is 15.9 Å². The molecule has 1 amide bonds. The molecule has 6 rings (SSSR count). The molecule has 0 aliphatic carbocycles. The smallest absolute Gasteiger partial charge is 0.248 e. The van der Waals surface area contributed by atoms with Crippen LogP contribution in [0, 0.1) is 5.82 Å². The third-order valence-corrected chi connectivity index (χ3v) is 10.4. The molecule has 2 bridgehead atoms. The van der Waals surface area contributed by atoms with E-state index in [4.69, 9.17) is 10.1 Å². The summed E-state index contributed by atoms with van der Waals surface area (Å²) in [5.74, 6) is 0.778. The van der Waals surface area contributed by atoms with Gasteiger partial charge in [-0.05, 0) is 56.7 Å². The lowest BCUT2D eigenvalue weighted by Gasteiger charge is -2.41. The molecule has 3 aliphatic rings. The Hall–Kier alpha value is -3.29. The van der Waals surface area contributed by atoms with Gasteiger partial charge in [-0.2, -0.15) is 14.3 Å². The fraction of sp³-hybridized carbons (Fsp3) is 0.552. The average Bonchev–Trinajstić information content (AvgIpc) is 3.60. The second-order valence-corrected chi connectivity index (χ2v) is 13.9. The number of nitrogens with zero attached hydrogens (tertiary/aromatic N) is 6. The van der Waals surface area contributed by atoms with E-state index in [1.54, 1.807) is 11.8 Å². The number of aromatic nitrogens is 3. The first-order valence-corrected chi connectivity index (χ1v) is 16.5. The second kappa shape index (κ2) is 11.1. The highest BCUT2D eigenvalue weighted by Crippen LogP contribution is 2.36. The number of piperidine rings is 1. The van der Waals surface area contributed by atoms with Crippen LogP contribution in [-0.4, -0.2) is 78.8 Å². The van der Waals surface area contributed by atoms with E-state index >= 15 is 0 Å². The SMILES string of the molecule is CN1CCCCS(=O)(=O)NC(C)(c2ccc(F)cc2)C(=O)N2CCCCC2c2cc3nc(N4CCC([NH3+])C4)cc1n3n2. The van der Waals surface area contributed by atoms with E-state index in [1.807, 2.05) is 23.7 Å². The van der Waals surface area contributed by atoms with Gasteiger partial charge in [0.15, 0.2) is 5.65 Å². The van der Waals surface area contributed by atoms with E-state index in [0.717, 1.165) is 49.7 Å². The molecule has 5 heterocycles. The molecule has 2 fully saturated rings. The maximum Gasteiger partial charge on any atom is 0.248 e. The van der Waals surface area contributed by atoms with Crippen molar-refractivity contribution < 1.29 is 23.3 Å². The summed E-state index contributed by atoms with van der Waals surface area (Å²) in [6.45, 7) is 4.38. The molecule has 0 spiro atoms. The van der Waals surface area contributed by atoms with Crippen LogP contribution in [0.5, 0.6) is 0 Å². The zero-order chi connectivity index (χ0) is 29.6. The molecule has 13 heteroatoms. The Balaban J connectivity index is 1.48. The summed E-state index contributed by atoms with van der Waals surface area (Å²) in [7, 11) is -1.87. The van der Waals surface area contributed by atoms with Gasteiger partial charge in [0.25, 0.3) is 0 Å². The van der Waals surface area contributed by atoms with Gasteiger partial charge in [-0.25, -0.2) is 17.8 Å². The van der Waals surface area contributed by atoms with Crippen molar-refractivity contribution in [3.8, 4) is 0 Å². The molecule has 42 heavy (non-hydrogen) atoms. The highest BCUT2D eigenvalue weighted by molar-refractivity contribution is 7.89. The minimum absolute atomic E-state index is 0.130. The Morgan fingerprint density at radius 1 is 1.05 bits per heavy atom. The second-order valence-electron chi connectivity index (χ2n) is 12.1. The van der Waals surface area contributed by atoms with Crippen molar-refractivity contribution in [1.29, 1.82) is 0 Å². The van der Waals surface area contributed by atoms with Crippen molar-refractivity contribution in [3.05, 3.63) is 53.5 Å². The Labute approximate surface area is 245 Å². The average molecular weight is 600 g/mol. The minimum Gasteiger partial charge on any atom is -0.359 e. The van der Waals surface area contributed by atoms with Gasteiger partial charge >= 0.3 is 0 Å². The fourth-order valence-electron chi connectivity index (χ4n) is 6.50. The van der Waals surface area contributed by atoms with Gasteiger partial charge in [0, 0.05) is 45.2 Å². The van der Waals surface area contributed by atoms with Crippen molar-refractivity contribution in [2.24, 2.45) is 0 Å². The number of anilines is 2. The van der Waals surface area contributed by atoms with Gasteiger partial charge < -0.3 is 20.4 Å². The standard InChI is InChI=1S/C29H39FN8O3S/c1-29(20-8-10-21(30)11-9-20)28(39)37-14-4-3-7-24(37)23-17-26-32-25(36-15-12-22(31)19-36)18-27(38(26)33-23)35(2)13-5-6-16-42(40,41)34-29/h8-11,17-18,22,24,34H,3-7,12-16,19,31H2,1-2H3/p+1. The molecular weight excluding hydrogens is 559 g/mol. The third kappa shape index (κ3) is 5.45. The van der Waals surface area contributed by atoms with E-state index < -0.39 is 21.4 Å². The molecule has 1 aromatic carbocycles. The molecule has 11 nitrogen and oxygen atoms in total. The summed E-state index contributed by atoms with van der Waals surface area (Å²) in [6, 6.07) is 9.47. The Morgan fingerprint density at radius 3 is 2.55 bits per heavy atom. The highest BCUT2D eigenvalue weighted by Gasteiger charge is 2.45. The van der Waals surface area contributed by atoms with E-state index in [1.165, 1.54) is 24.3 Å². The van der Waals surface area contributed by atoms with Crippen LogP contribution in [0.2, 0.25) is 0 Å². The highest BCUT2D eigenvalue weighted by atomic mass is 32.2. The van der Waals surface area contributed by atoms with E-state index in [2.05, 4.69) is 20.3 Å². The number of hydrogen-bond acceptors (Lipinski definition) is 7. The van der Waals surface area contributed by atoms with Gasteiger partial charge in [0.1, 0.15) is 29.0 Å². The number of quaternary nitrogens is 1. The first-order chi connectivity index (χ1) is 20.0. The van der Waals surface area contributed by atoms with Crippen LogP contribution < -0.4 is 20.3 Å². The molecule has 2 aromatic heterocycles. The maximum atomic E-state index is 14.5. The zero-order valence-electron chi connectivity index (χ0n) is 24.3. The van der Waals surface area contributed by atoms with Crippen LogP contribution in [0.15, 0.2) is 36.4 Å². The molecule has 3 aromatic rings. The van der Waals surface area contributed by atoms with Crippen molar-refractivity contribution in [1.82, 2.24) is 24.2 Å². The monoisotopic (exact) mass is 599 g/mol. The first kappa shape index (κ1) is 28.8. The van der Waals surface area contributed by atoms with Crippen molar-refractivity contribution in [3.63, 3.8) is 0 Å². The number of halogens is 1. The molecule has 3 unspecified atom stereocenters. The van der Waals surface area contributed by atoms with Crippen LogP contribution in [0.3, 0.4) is 0 Å². The lowest BCUT2D eigenvalue weighted by atomic mass is 9.89. The van der Waals surface area contributed by atoms with E-state index in [-0.39, 0.29) is 17.7 Å². The topological polar surface area (TPSA) is 131 Å². The number of amides is 1. The lowest BCUT2D eigenvalue weighted by molar-refractivity contribution is -0.412. The number of carbonyl (C=O) groups excluding carboxylic acids is 1. The molecule has 2 saturated heterocycles. The number of rotatable bonds is 2. The fourth-order valence-corrected chi connectivity index (χ4v) is 8.01. The lowest BCUT2D eigenvalue weighted by Crippen LogP contribution is -2.61. The number of sulfonamides is 1. The normalized spacial score (nSPS) is 27.2. The maximum absolute atomic E-state index is 14.5. The number of fused-ring (bicyclic) bond motifs is 3. The zero-order valence-corrected chi connectivity index (χ0v) is 25.1. The Kier molecular flexibility index (Phi) is 7.60. The van der Waals surface area contributed by atoms with Gasteiger partial charge in [-0.3, -0.25) is 4.79 Å². The molecule has 226 valence electrons. The molecule has 3 aliphatic heterocycles. The van der Waals surface area contributed by atoms with E-state index in [0.29, 0.717) is 49.6 Å². The van der Waals surface area contributed by atoms with E-state index in [9.17, 15) is 17.6 Å². The van der Waals surface area contributed by atoms with Crippen LogP contribution in [0.4, 0.5) is 16.0 Å². The minimum atomic E-state index is -3.86. The summed E-state index contributed by atoms with van der Waals surface area (Å²) < 4.78 is 45.3. The Bertz CT molecular complexity index is 1580. The summed E-state index contributed by atoms with van der Waals surface area (Å²) in [5, 5.41) is 5.02. The third-order valence-electron chi connectivity index (χ3n) is 8.89. The van der Waals surface area contributed by atoms with Gasteiger partial charge in [0.05, 0.1) is 24.0 Å². The Morgan fingerprint density at radius 2 is 1.81 bits per heavy atom. The molecule has 3 atom stereocenters. The number of nitrogens with one attached hydrogen (secondary N) is 1. The van der Waals surface area contributed by atoms with Crippen LogP contribution in [-0.2, 0) is 20.4 Å². The quantitative estimate of drug-likeness (QED) is 0.460. The van der Waals surface area contributed by atoms with Gasteiger partial charge in [-0.1, -0.05) is 12.1 Å². The van der Waals surface area contributed by atoms with Crippen LogP contribution in [0.1, 0.15) is 62.7 Å². The van der Waals surface area contributed by atoms with Gasteiger partial charge in [-0.15, -0.1) is 0 Å². The van der Waals surface area contributed by atoms with Crippen LogP contribution >= 0.6 is 0 Å². The predicted octanol–water partition coefficient (Wildman–Crippen LogP) is 1.81. The predicted molar refractivity (Wildman–Crippen MR) is 158 cm³/mol. The van der Waals surface area contributed by atoms with Crippen molar-refractivity contribution in [2.45, 2.75) is 63.1 Å². The number of carbonyl (C=O) groups is 1. The summed E-state index contributed by atoms with van der Waals surface area (Å²) in [6.07, 6.45) is 4.42. The first-order valence-electron chi connectivity index (χ1n) is 14.8. The number of hydrogen-bond donors (Lipinski definition) is 2.